The molecule has 4 nitrogen and oxygen atoms in total. The molecule has 1 saturated carbocycles. The van der Waals surface area contributed by atoms with Crippen molar-refractivity contribution in [3.63, 3.8) is 0 Å². The lowest BCUT2D eigenvalue weighted by Crippen LogP contribution is -2.26. The number of rotatable bonds is 8. The number of hydrogen-bond acceptors (Lipinski definition) is 3. The van der Waals surface area contributed by atoms with Crippen LogP contribution in [0.15, 0.2) is 24.3 Å². The fourth-order valence-corrected chi connectivity index (χ4v) is 4.18. The molecule has 1 aromatic carbocycles. The summed E-state index contributed by atoms with van der Waals surface area (Å²) in [7, 11) is -3.29. The van der Waals surface area contributed by atoms with Crippen molar-refractivity contribution < 1.29 is 13.5 Å². The van der Waals surface area contributed by atoms with Crippen LogP contribution in [-0.4, -0.2) is 20.1 Å². The van der Waals surface area contributed by atoms with Gasteiger partial charge in [0.15, 0.2) is 0 Å². The highest BCUT2D eigenvalue weighted by Crippen LogP contribution is 2.28. The Morgan fingerprint density at radius 3 is 2.62 bits per heavy atom. The number of sulfonamides is 1. The summed E-state index contributed by atoms with van der Waals surface area (Å²) in [5.74, 6) is 0.778. The number of benzene rings is 1. The fraction of sp³-hybridized carbons (Fsp3) is 0.625. The molecule has 0 saturated heterocycles. The molecule has 0 radical (unpaired) electrons. The van der Waals surface area contributed by atoms with Crippen LogP contribution in [0.4, 0.5) is 0 Å². The Kier molecular flexibility index (Phi) is 6.21. The van der Waals surface area contributed by atoms with Gasteiger partial charge in [0.05, 0.1) is 12.4 Å². The molecule has 0 atom stereocenters. The minimum atomic E-state index is -3.29. The normalized spacial score (nSPS) is 16.4. The van der Waals surface area contributed by atoms with Crippen LogP contribution in [-0.2, 0) is 22.4 Å². The molecule has 2 rings (SSSR count). The van der Waals surface area contributed by atoms with Gasteiger partial charge in [-0.25, -0.2) is 13.1 Å². The Morgan fingerprint density at radius 2 is 1.90 bits per heavy atom. The zero-order chi connectivity index (χ0) is 15.1. The van der Waals surface area contributed by atoms with Gasteiger partial charge < -0.3 is 5.11 Å². The summed E-state index contributed by atoms with van der Waals surface area (Å²) in [6, 6.07) is 7.07. The summed E-state index contributed by atoms with van der Waals surface area (Å²) < 4.78 is 26.7. The zero-order valence-electron chi connectivity index (χ0n) is 12.4. The van der Waals surface area contributed by atoms with E-state index in [1.165, 1.54) is 25.7 Å². The van der Waals surface area contributed by atoms with Crippen molar-refractivity contribution in [1.82, 2.24) is 4.72 Å². The van der Waals surface area contributed by atoms with E-state index in [9.17, 15) is 8.42 Å². The monoisotopic (exact) mass is 311 g/mol. The molecule has 118 valence electrons. The molecule has 0 aromatic heterocycles. The second kappa shape index (κ2) is 7.92. The average Bonchev–Trinajstić information content (AvgIpc) is 2.96. The highest BCUT2D eigenvalue weighted by Gasteiger charge is 2.15. The van der Waals surface area contributed by atoms with Crippen molar-refractivity contribution in [1.29, 1.82) is 0 Å². The van der Waals surface area contributed by atoms with E-state index in [0.717, 1.165) is 24.3 Å². The molecule has 1 aromatic rings. The second-order valence-corrected chi connectivity index (χ2v) is 7.73. The predicted molar refractivity (Wildman–Crippen MR) is 84.2 cm³/mol. The number of hydrogen-bond donors (Lipinski definition) is 2. The van der Waals surface area contributed by atoms with Crippen LogP contribution in [0, 0.1) is 5.92 Å². The summed E-state index contributed by atoms with van der Waals surface area (Å²) in [6.45, 7) is 0.460. The van der Waals surface area contributed by atoms with Crippen LogP contribution < -0.4 is 4.72 Å². The van der Waals surface area contributed by atoms with Crippen LogP contribution in [0.25, 0.3) is 0 Å². The molecule has 0 unspecified atom stereocenters. The first-order chi connectivity index (χ1) is 10.1. The van der Waals surface area contributed by atoms with E-state index < -0.39 is 10.0 Å². The van der Waals surface area contributed by atoms with Crippen molar-refractivity contribution in [2.24, 2.45) is 5.92 Å². The van der Waals surface area contributed by atoms with Gasteiger partial charge in [0.25, 0.3) is 0 Å². The molecule has 1 aliphatic rings. The van der Waals surface area contributed by atoms with E-state index in [1.807, 2.05) is 0 Å². The van der Waals surface area contributed by atoms with E-state index in [1.54, 1.807) is 24.3 Å². The minimum absolute atomic E-state index is 0.0235. The van der Waals surface area contributed by atoms with E-state index >= 15 is 0 Å². The summed E-state index contributed by atoms with van der Waals surface area (Å²) in [6.07, 6.45) is 7.32. The lowest BCUT2D eigenvalue weighted by molar-refractivity contribution is 0.282. The molecule has 2 N–H and O–H groups in total. The lowest BCUT2D eigenvalue weighted by Gasteiger charge is -2.10. The topological polar surface area (TPSA) is 66.4 Å². The SMILES string of the molecule is O=S(=O)(Cc1cccc(CO)c1)NCCCC1CCCC1. The van der Waals surface area contributed by atoms with Gasteiger partial charge in [-0.15, -0.1) is 0 Å². The molecule has 1 aliphatic carbocycles. The third-order valence-electron chi connectivity index (χ3n) is 4.12. The molecule has 0 spiro atoms. The van der Waals surface area contributed by atoms with Gasteiger partial charge in [0.2, 0.25) is 10.0 Å². The molecule has 1 fully saturated rings. The Balaban J connectivity index is 1.75. The fourth-order valence-electron chi connectivity index (χ4n) is 3.01. The van der Waals surface area contributed by atoms with Crippen LogP contribution in [0.1, 0.15) is 49.7 Å². The number of aliphatic hydroxyl groups is 1. The largest absolute Gasteiger partial charge is 0.392 e. The molecular formula is C16H25NO3S. The van der Waals surface area contributed by atoms with Gasteiger partial charge in [0, 0.05) is 6.54 Å². The standard InChI is InChI=1S/C16H25NO3S/c18-12-15-7-3-8-16(11-15)13-21(19,20)17-10-4-9-14-5-1-2-6-14/h3,7-8,11,14,17-18H,1-2,4-6,9-10,12-13H2. The first-order valence-corrected chi connectivity index (χ1v) is 9.40. The first-order valence-electron chi connectivity index (χ1n) is 7.75. The van der Waals surface area contributed by atoms with Gasteiger partial charge >= 0.3 is 0 Å². The highest BCUT2D eigenvalue weighted by molar-refractivity contribution is 7.88. The van der Waals surface area contributed by atoms with Crippen LogP contribution >= 0.6 is 0 Å². The van der Waals surface area contributed by atoms with E-state index in [2.05, 4.69) is 4.72 Å². The molecule has 0 bridgehead atoms. The van der Waals surface area contributed by atoms with Crippen molar-refractivity contribution in [3.8, 4) is 0 Å². The van der Waals surface area contributed by atoms with Crippen molar-refractivity contribution in [2.45, 2.75) is 50.9 Å². The smallest absolute Gasteiger partial charge is 0.215 e. The Hall–Kier alpha value is -0.910. The number of nitrogens with one attached hydrogen (secondary N) is 1. The zero-order valence-corrected chi connectivity index (χ0v) is 13.2. The quantitative estimate of drug-likeness (QED) is 0.725. The lowest BCUT2D eigenvalue weighted by atomic mass is 10.0. The Labute approximate surface area is 127 Å². The summed E-state index contributed by atoms with van der Waals surface area (Å²) >= 11 is 0. The summed E-state index contributed by atoms with van der Waals surface area (Å²) in [5.41, 5.74) is 1.45. The molecule has 0 heterocycles. The van der Waals surface area contributed by atoms with Crippen LogP contribution in [0.5, 0.6) is 0 Å². The van der Waals surface area contributed by atoms with Crippen molar-refractivity contribution in [3.05, 3.63) is 35.4 Å². The highest BCUT2D eigenvalue weighted by atomic mass is 32.2. The van der Waals surface area contributed by atoms with Crippen molar-refractivity contribution in [2.75, 3.05) is 6.54 Å². The molecule has 0 amide bonds. The number of aliphatic hydroxyl groups excluding tert-OH is 1. The minimum Gasteiger partial charge on any atom is -0.392 e. The third-order valence-corrected chi connectivity index (χ3v) is 5.47. The van der Waals surface area contributed by atoms with Gasteiger partial charge in [0.1, 0.15) is 0 Å². The van der Waals surface area contributed by atoms with Crippen LogP contribution in [0.3, 0.4) is 0 Å². The molecule has 5 heteroatoms. The van der Waals surface area contributed by atoms with Crippen molar-refractivity contribution >= 4 is 10.0 Å². The Bertz CT molecular complexity index is 536. The summed E-state index contributed by atoms with van der Waals surface area (Å²) in [4.78, 5) is 0. The van der Waals surface area contributed by atoms with Gasteiger partial charge in [-0.3, -0.25) is 0 Å². The molecular weight excluding hydrogens is 286 g/mol. The van der Waals surface area contributed by atoms with E-state index in [-0.39, 0.29) is 12.4 Å². The molecule has 0 aliphatic heterocycles. The second-order valence-electron chi connectivity index (χ2n) is 5.92. The maximum Gasteiger partial charge on any atom is 0.215 e. The maximum absolute atomic E-state index is 12.0. The Morgan fingerprint density at radius 1 is 1.19 bits per heavy atom. The van der Waals surface area contributed by atoms with Gasteiger partial charge in [-0.1, -0.05) is 49.9 Å². The molecule has 21 heavy (non-hydrogen) atoms. The van der Waals surface area contributed by atoms with E-state index in [4.69, 9.17) is 5.11 Å². The van der Waals surface area contributed by atoms with Gasteiger partial charge in [-0.2, -0.15) is 0 Å². The van der Waals surface area contributed by atoms with E-state index in [0.29, 0.717) is 12.1 Å². The van der Waals surface area contributed by atoms with Crippen LogP contribution in [0.2, 0.25) is 0 Å². The third kappa shape index (κ3) is 5.77. The van der Waals surface area contributed by atoms with Gasteiger partial charge in [-0.05, 0) is 29.9 Å². The average molecular weight is 311 g/mol. The summed E-state index contributed by atoms with van der Waals surface area (Å²) in [5, 5.41) is 9.07. The first kappa shape index (κ1) is 16.5. The maximum atomic E-state index is 12.0. The predicted octanol–water partition coefficient (Wildman–Crippen LogP) is 2.57.